The number of nitrogens with zero attached hydrogens (tertiary/aromatic N) is 1. The lowest BCUT2D eigenvalue weighted by molar-refractivity contribution is -0.137. The number of carbonyl (C=O) groups excluding carboxylic acids is 2. The van der Waals surface area contributed by atoms with Crippen LogP contribution >= 0.6 is 0 Å². The molecule has 9 heteroatoms. The van der Waals surface area contributed by atoms with E-state index in [0.717, 1.165) is 17.7 Å². The maximum Gasteiger partial charge on any atom is 0.303 e. The van der Waals surface area contributed by atoms with Gasteiger partial charge in [0.2, 0.25) is 0 Å². The summed E-state index contributed by atoms with van der Waals surface area (Å²) in [7, 11) is 0. The van der Waals surface area contributed by atoms with Crippen LogP contribution in [0, 0.1) is 11.6 Å². The van der Waals surface area contributed by atoms with Gasteiger partial charge in [0.1, 0.15) is 17.4 Å². The van der Waals surface area contributed by atoms with Gasteiger partial charge in [-0.05, 0) is 48.7 Å². The molecule has 1 aromatic heterocycles. The van der Waals surface area contributed by atoms with E-state index in [0.29, 0.717) is 30.6 Å². The van der Waals surface area contributed by atoms with E-state index in [1.54, 1.807) is 24.3 Å². The molecule has 0 unspecified atom stereocenters. The molecule has 0 aliphatic heterocycles. The molecule has 3 N–H and O–H groups in total. The number of Topliss-reactive ketones (excluding diaryl/α,β-unsaturated/α-hetero) is 1. The zero-order chi connectivity index (χ0) is 25.4. The first-order chi connectivity index (χ1) is 16.7. The van der Waals surface area contributed by atoms with E-state index in [2.05, 4.69) is 15.6 Å². The van der Waals surface area contributed by atoms with E-state index < -0.39 is 23.5 Å². The molecule has 0 atom stereocenters. The normalized spacial score (nSPS) is 10.6. The van der Waals surface area contributed by atoms with Gasteiger partial charge in [-0.1, -0.05) is 19.1 Å². The van der Waals surface area contributed by atoms with Gasteiger partial charge in [0.15, 0.2) is 0 Å². The fraction of sp³-hybridized carbons (Fsp3) is 0.231. The number of rotatable bonds is 11. The van der Waals surface area contributed by atoms with Crippen LogP contribution in [0.2, 0.25) is 0 Å². The van der Waals surface area contributed by atoms with Crippen molar-refractivity contribution in [3.05, 3.63) is 83.2 Å². The first-order valence-corrected chi connectivity index (χ1v) is 11.1. The van der Waals surface area contributed by atoms with E-state index in [1.165, 1.54) is 18.3 Å². The minimum absolute atomic E-state index is 0.000538. The lowest BCUT2D eigenvalue weighted by atomic mass is 10.1. The SMILES string of the molecule is CCCC(=O)Cc1cc(Nc2ccc(F)cc2F)c(C(=O)Nc2ccc(CCC(=O)O)cc2)cn1. The molecular formula is C26H25F2N3O4. The first-order valence-electron chi connectivity index (χ1n) is 11.1. The second-order valence-electron chi connectivity index (χ2n) is 7.98. The Bertz CT molecular complexity index is 1230. The molecule has 3 aromatic rings. The minimum atomic E-state index is -0.896. The lowest BCUT2D eigenvalue weighted by Crippen LogP contribution is -2.16. The molecule has 0 aliphatic carbocycles. The van der Waals surface area contributed by atoms with Crippen LogP contribution in [0.4, 0.5) is 25.8 Å². The smallest absolute Gasteiger partial charge is 0.303 e. The molecule has 7 nitrogen and oxygen atoms in total. The summed E-state index contributed by atoms with van der Waals surface area (Å²) in [6.07, 6.45) is 2.81. The summed E-state index contributed by atoms with van der Waals surface area (Å²) in [5, 5.41) is 14.3. The highest BCUT2D eigenvalue weighted by atomic mass is 19.1. The summed E-state index contributed by atoms with van der Waals surface area (Å²) >= 11 is 0. The van der Waals surface area contributed by atoms with Gasteiger partial charge in [0.25, 0.3) is 5.91 Å². The summed E-state index contributed by atoms with van der Waals surface area (Å²) in [6, 6.07) is 11.2. The molecule has 0 spiro atoms. The van der Waals surface area contributed by atoms with E-state index in [9.17, 15) is 23.2 Å². The molecule has 1 amide bonds. The predicted molar refractivity (Wildman–Crippen MR) is 128 cm³/mol. The Labute approximate surface area is 201 Å². The number of hydrogen-bond acceptors (Lipinski definition) is 5. The van der Waals surface area contributed by atoms with Crippen LogP contribution in [-0.2, 0) is 22.4 Å². The largest absolute Gasteiger partial charge is 0.481 e. The first kappa shape index (κ1) is 25.5. The summed E-state index contributed by atoms with van der Waals surface area (Å²) in [5.41, 5.74) is 1.95. The van der Waals surface area contributed by atoms with Gasteiger partial charge in [-0.3, -0.25) is 19.4 Å². The molecule has 0 saturated carbocycles. The third kappa shape index (κ3) is 7.43. The number of hydrogen-bond donors (Lipinski definition) is 3. The molecule has 1 heterocycles. The van der Waals surface area contributed by atoms with Crippen molar-refractivity contribution in [3.8, 4) is 0 Å². The molecule has 0 saturated heterocycles. The highest BCUT2D eigenvalue weighted by Gasteiger charge is 2.17. The van der Waals surface area contributed by atoms with Gasteiger partial charge in [0.05, 0.1) is 16.9 Å². The summed E-state index contributed by atoms with van der Waals surface area (Å²) in [5.74, 6) is -3.02. The summed E-state index contributed by atoms with van der Waals surface area (Å²) < 4.78 is 27.6. The number of amides is 1. The van der Waals surface area contributed by atoms with Gasteiger partial charge < -0.3 is 15.7 Å². The van der Waals surface area contributed by atoms with Crippen LogP contribution in [0.25, 0.3) is 0 Å². The molecule has 182 valence electrons. The molecule has 0 fully saturated rings. The van der Waals surface area contributed by atoms with E-state index >= 15 is 0 Å². The predicted octanol–water partition coefficient (Wildman–Crippen LogP) is 5.28. The molecule has 3 rings (SSSR count). The Kier molecular flexibility index (Phi) is 8.61. The summed E-state index contributed by atoms with van der Waals surface area (Å²) in [4.78, 5) is 40.0. The standard InChI is InChI=1S/C26H25F2N3O4/c1-2-3-20(32)13-19-14-24(31-23-10-7-17(27)12-22(23)28)21(15-29-19)26(35)30-18-8-4-16(5-9-18)6-11-25(33)34/h4-5,7-10,12,14-15H,2-3,6,11,13H2,1H3,(H,29,31)(H,30,35)(H,33,34). The number of aliphatic carboxylic acids is 1. The molecule has 2 aromatic carbocycles. The van der Waals surface area contributed by atoms with Gasteiger partial charge in [-0.2, -0.15) is 0 Å². The molecule has 0 aliphatic rings. The second-order valence-corrected chi connectivity index (χ2v) is 7.98. The number of aromatic nitrogens is 1. The number of benzene rings is 2. The van der Waals surface area contributed by atoms with E-state index in [4.69, 9.17) is 5.11 Å². The monoisotopic (exact) mass is 481 g/mol. The Morgan fingerprint density at radius 1 is 0.971 bits per heavy atom. The fourth-order valence-electron chi connectivity index (χ4n) is 3.39. The zero-order valence-corrected chi connectivity index (χ0v) is 19.1. The van der Waals surface area contributed by atoms with Crippen molar-refractivity contribution in [2.24, 2.45) is 0 Å². The zero-order valence-electron chi connectivity index (χ0n) is 19.1. The van der Waals surface area contributed by atoms with Crippen molar-refractivity contribution in [1.82, 2.24) is 4.98 Å². The average molecular weight is 481 g/mol. The van der Waals surface area contributed by atoms with E-state index in [-0.39, 0.29) is 35.6 Å². The number of carboxylic acid groups (broad SMARTS) is 1. The highest BCUT2D eigenvalue weighted by Crippen LogP contribution is 2.25. The molecule has 0 radical (unpaired) electrons. The highest BCUT2D eigenvalue weighted by molar-refractivity contribution is 6.08. The summed E-state index contributed by atoms with van der Waals surface area (Å²) in [6.45, 7) is 1.89. The Balaban J connectivity index is 1.85. The molecular weight excluding hydrogens is 456 g/mol. The van der Waals surface area contributed by atoms with Crippen molar-refractivity contribution in [2.45, 2.75) is 39.0 Å². The van der Waals surface area contributed by atoms with Crippen LogP contribution in [0.1, 0.15) is 47.8 Å². The Morgan fingerprint density at radius 2 is 1.71 bits per heavy atom. The molecule has 35 heavy (non-hydrogen) atoms. The Hall–Kier alpha value is -4.14. The van der Waals surface area contributed by atoms with Crippen LogP contribution in [-0.4, -0.2) is 27.8 Å². The maximum absolute atomic E-state index is 14.3. The number of halogens is 2. The number of ketones is 1. The van der Waals surface area contributed by atoms with E-state index in [1.807, 2.05) is 6.92 Å². The van der Waals surface area contributed by atoms with Crippen LogP contribution in [0.15, 0.2) is 54.7 Å². The molecule has 0 bridgehead atoms. The number of pyridine rings is 1. The van der Waals surface area contributed by atoms with Crippen molar-refractivity contribution < 1.29 is 28.3 Å². The number of carboxylic acids is 1. The van der Waals surface area contributed by atoms with Crippen LogP contribution in [0.5, 0.6) is 0 Å². The van der Waals surface area contributed by atoms with Crippen LogP contribution < -0.4 is 10.6 Å². The van der Waals surface area contributed by atoms with Gasteiger partial charge in [-0.25, -0.2) is 8.78 Å². The fourth-order valence-corrected chi connectivity index (χ4v) is 3.39. The number of nitrogens with one attached hydrogen (secondary N) is 2. The van der Waals surface area contributed by atoms with Crippen molar-refractivity contribution in [3.63, 3.8) is 0 Å². The number of carbonyl (C=O) groups is 3. The number of aryl methyl sites for hydroxylation is 1. The van der Waals surface area contributed by atoms with Crippen LogP contribution in [0.3, 0.4) is 0 Å². The van der Waals surface area contributed by atoms with Gasteiger partial charge in [0, 0.05) is 42.9 Å². The topological polar surface area (TPSA) is 108 Å². The second kappa shape index (κ2) is 11.8. The average Bonchev–Trinajstić information content (AvgIpc) is 2.80. The lowest BCUT2D eigenvalue weighted by Gasteiger charge is -2.14. The van der Waals surface area contributed by atoms with Gasteiger partial charge in [-0.15, -0.1) is 0 Å². The third-order valence-corrected chi connectivity index (χ3v) is 5.15. The van der Waals surface area contributed by atoms with Crippen molar-refractivity contribution >= 4 is 34.7 Å². The maximum atomic E-state index is 14.3. The number of anilines is 3. The van der Waals surface area contributed by atoms with Crippen molar-refractivity contribution in [2.75, 3.05) is 10.6 Å². The van der Waals surface area contributed by atoms with Gasteiger partial charge >= 0.3 is 5.97 Å². The quantitative estimate of drug-likeness (QED) is 0.344. The Morgan fingerprint density at radius 3 is 2.37 bits per heavy atom. The minimum Gasteiger partial charge on any atom is -0.481 e. The van der Waals surface area contributed by atoms with Crippen molar-refractivity contribution in [1.29, 1.82) is 0 Å². The third-order valence-electron chi connectivity index (χ3n) is 5.15.